The third-order valence-electron chi connectivity index (χ3n) is 3.00. The Morgan fingerprint density at radius 2 is 2.05 bits per heavy atom. The zero-order valence-electron chi connectivity index (χ0n) is 11.1. The maximum atomic E-state index is 6.16. The number of pyridine rings is 1. The quantitative estimate of drug-likeness (QED) is 0.761. The minimum absolute atomic E-state index is 0.378. The Hall–Kier alpha value is -0.550. The van der Waals surface area contributed by atoms with E-state index >= 15 is 0 Å². The molecule has 0 aliphatic heterocycles. The highest BCUT2D eigenvalue weighted by Crippen LogP contribution is 2.23. The van der Waals surface area contributed by atoms with Gasteiger partial charge in [-0.3, -0.25) is 4.98 Å². The second kappa shape index (κ2) is 8.03. The number of likely N-dealkylation sites (N-methyl/N-ethyl adjacent to an activating group) is 1. The van der Waals surface area contributed by atoms with E-state index in [4.69, 9.17) is 11.6 Å². The van der Waals surface area contributed by atoms with E-state index in [1.54, 1.807) is 12.4 Å². The molecule has 1 aromatic carbocycles. The first-order valence-electron chi connectivity index (χ1n) is 6.33. The van der Waals surface area contributed by atoms with Gasteiger partial charge < -0.3 is 5.32 Å². The van der Waals surface area contributed by atoms with Gasteiger partial charge in [-0.2, -0.15) is 0 Å². The van der Waals surface area contributed by atoms with E-state index in [1.165, 1.54) is 4.90 Å². The lowest BCUT2D eigenvalue weighted by Gasteiger charge is -2.16. The molecule has 0 bridgehead atoms. The smallest absolute Gasteiger partial charge is 0.0621 e. The van der Waals surface area contributed by atoms with Crippen LogP contribution < -0.4 is 5.32 Å². The molecule has 0 fully saturated rings. The summed E-state index contributed by atoms with van der Waals surface area (Å²) in [6.07, 6.45) is 4.39. The number of nitrogens with one attached hydrogen (secondary N) is 1. The topological polar surface area (TPSA) is 24.9 Å². The summed E-state index contributed by atoms with van der Waals surface area (Å²) in [4.78, 5) is 5.29. The maximum absolute atomic E-state index is 6.16. The van der Waals surface area contributed by atoms with Crippen molar-refractivity contribution in [1.29, 1.82) is 0 Å². The third-order valence-corrected chi connectivity index (χ3v) is 5.04. The van der Waals surface area contributed by atoms with E-state index in [9.17, 15) is 0 Å². The molecule has 1 aromatic heterocycles. The Morgan fingerprint density at radius 3 is 2.70 bits per heavy atom. The molecule has 1 heterocycles. The third kappa shape index (κ3) is 4.77. The van der Waals surface area contributed by atoms with Gasteiger partial charge >= 0.3 is 0 Å². The van der Waals surface area contributed by atoms with Crippen LogP contribution in [-0.2, 0) is 6.42 Å². The van der Waals surface area contributed by atoms with E-state index in [2.05, 4.69) is 50.5 Å². The van der Waals surface area contributed by atoms with Crippen LogP contribution in [0.15, 0.2) is 52.1 Å². The molecular formula is C15H16BrClN2S. The molecule has 0 saturated carbocycles. The molecule has 5 heteroatoms. The van der Waals surface area contributed by atoms with E-state index in [0.29, 0.717) is 6.04 Å². The van der Waals surface area contributed by atoms with Gasteiger partial charge in [0.15, 0.2) is 0 Å². The first-order valence-corrected chi connectivity index (χ1v) is 8.48. The molecule has 1 N–H and O–H groups in total. The van der Waals surface area contributed by atoms with Gasteiger partial charge in [-0.1, -0.05) is 27.5 Å². The Labute approximate surface area is 137 Å². The van der Waals surface area contributed by atoms with Crippen LogP contribution in [0.4, 0.5) is 0 Å². The molecule has 1 unspecified atom stereocenters. The van der Waals surface area contributed by atoms with E-state index in [1.807, 2.05) is 24.9 Å². The summed E-state index contributed by atoms with van der Waals surface area (Å²) < 4.78 is 1.11. The Balaban J connectivity index is 1.92. The Kier molecular flexibility index (Phi) is 6.36. The normalized spacial score (nSPS) is 12.3. The summed E-state index contributed by atoms with van der Waals surface area (Å²) in [7, 11) is 1.99. The predicted molar refractivity (Wildman–Crippen MR) is 90.7 cm³/mol. The number of hydrogen-bond donors (Lipinski definition) is 1. The molecule has 0 saturated heterocycles. The summed E-state index contributed by atoms with van der Waals surface area (Å²) in [5.74, 6) is 0.997. The van der Waals surface area contributed by atoms with Crippen LogP contribution in [-0.4, -0.2) is 23.8 Å². The lowest BCUT2D eigenvalue weighted by Crippen LogP contribution is -2.30. The van der Waals surface area contributed by atoms with Crippen molar-refractivity contribution in [2.24, 2.45) is 0 Å². The molecule has 1 atom stereocenters. The molecule has 106 valence electrons. The summed E-state index contributed by atoms with van der Waals surface area (Å²) in [6.45, 7) is 0. The van der Waals surface area contributed by atoms with Gasteiger partial charge in [0.2, 0.25) is 0 Å². The molecule has 0 radical (unpaired) electrons. The zero-order valence-corrected chi connectivity index (χ0v) is 14.3. The molecule has 0 spiro atoms. The molecule has 0 aliphatic rings. The average molecular weight is 372 g/mol. The van der Waals surface area contributed by atoms with Crippen LogP contribution in [0.3, 0.4) is 0 Å². The van der Waals surface area contributed by atoms with Crippen LogP contribution in [0, 0.1) is 0 Å². The maximum Gasteiger partial charge on any atom is 0.0621 e. The number of hydrogen-bond acceptors (Lipinski definition) is 3. The highest BCUT2D eigenvalue weighted by molar-refractivity contribution is 9.10. The van der Waals surface area contributed by atoms with E-state index < -0.39 is 0 Å². The molecule has 0 amide bonds. The van der Waals surface area contributed by atoms with Gasteiger partial charge in [-0.25, -0.2) is 0 Å². The summed E-state index contributed by atoms with van der Waals surface area (Å²) >= 11 is 11.5. The van der Waals surface area contributed by atoms with Crippen molar-refractivity contribution in [3.05, 3.63) is 57.8 Å². The first-order chi connectivity index (χ1) is 9.69. The van der Waals surface area contributed by atoms with Gasteiger partial charge in [0.25, 0.3) is 0 Å². The van der Waals surface area contributed by atoms with Crippen molar-refractivity contribution in [1.82, 2.24) is 10.3 Å². The number of halogens is 2. The number of benzene rings is 1. The SMILES string of the molecule is CNC(CSc1ccc(Br)cc1)Cc1ccncc1Cl. The van der Waals surface area contributed by atoms with Gasteiger partial charge in [-0.15, -0.1) is 11.8 Å². The summed E-state index contributed by atoms with van der Waals surface area (Å²) in [5.41, 5.74) is 1.14. The van der Waals surface area contributed by atoms with Gasteiger partial charge in [0, 0.05) is 33.6 Å². The fourth-order valence-electron chi connectivity index (χ4n) is 1.81. The van der Waals surface area contributed by atoms with Gasteiger partial charge in [0.1, 0.15) is 0 Å². The first kappa shape index (κ1) is 15.8. The minimum Gasteiger partial charge on any atom is -0.316 e. The Morgan fingerprint density at radius 1 is 1.30 bits per heavy atom. The largest absolute Gasteiger partial charge is 0.316 e. The second-order valence-electron chi connectivity index (χ2n) is 4.42. The average Bonchev–Trinajstić information content (AvgIpc) is 2.47. The van der Waals surface area contributed by atoms with Crippen molar-refractivity contribution < 1.29 is 0 Å². The summed E-state index contributed by atoms with van der Waals surface area (Å²) in [6, 6.07) is 10.7. The standard InChI is InChI=1S/C15H16BrClN2S/c1-18-13(8-11-6-7-19-9-15(11)17)10-20-14-4-2-12(16)3-5-14/h2-7,9,13,18H,8,10H2,1H3. The van der Waals surface area contributed by atoms with E-state index in [-0.39, 0.29) is 0 Å². The van der Waals surface area contributed by atoms with Crippen LogP contribution in [0.2, 0.25) is 5.02 Å². The van der Waals surface area contributed by atoms with Crippen molar-refractivity contribution in [2.45, 2.75) is 17.4 Å². The zero-order chi connectivity index (χ0) is 14.4. The predicted octanol–water partition coefficient (Wildman–Crippen LogP) is 4.42. The van der Waals surface area contributed by atoms with Crippen molar-refractivity contribution in [3.63, 3.8) is 0 Å². The highest BCUT2D eigenvalue weighted by Gasteiger charge is 2.10. The number of aromatic nitrogens is 1. The van der Waals surface area contributed by atoms with Gasteiger partial charge in [0.05, 0.1) is 5.02 Å². The van der Waals surface area contributed by atoms with Crippen molar-refractivity contribution in [2.75, 3.05) is 12.8 Å². The lowest BCUT2D eigenvalue weighted by atomic mass is 10.1. The second-order valence-corrected chi connectivity index (χ2v) is 6.84. The monoisotopic (exact) mass is 370 g/mol. The van der Waals surface area contributed by atoms with Crippen LogP contribution in [0.25, 0.3) is 0 Å². The van der Waals surface area contributed by atoms with Gasteiger partial charge in [-0.05, 0) is 49.4 Å². The summed E-state index contributed by atoms with van der Waals surface area (Å²) in [5, 5.41) is 4.09. The van der Waals surface area contributed by atoms with Crippen molar-refractivity contribution >= 4 is 39.3 Å². The minimum atomic E-state index is 0.378. The molecule has 0 aliphatic carbocycles. The van der Waals surface area contributed by atoms with Crippen LogP contribution >= 0.6 is 39.3 Å². The molecule has 2 rings (SSSR count). The molecule has 20 heavy (non-hydrogen) atoms. The Bertz CT molecular complexity index is 548. The fraction of sp³-hybridized carbons (Fsp3) is 0.267. The number of rotatable bonds is 6. The lowest BCUT2D eigenvalue weighted by molar-refractivity contribution is 0.617. The van der Waals surface area contributed by atoms with Crippen LogP contribution in [0.5, 0.6) is 0 Å². The van der Waals surface area contributed by atoms with Crippen molar-refractivity contribution in [3.8, 4) is 0 Å². The number of thioether (sulfide) groups is 1. The fourth-order valence-corrected chi connectivity index (χ4v) is 3.27. The highest BCUT2D eigenvalue weighted by atomic mass is 79.9. The van der Waals surface area contributed by atoms with E-state index in [0.717, 1.165) is 27.2 Å². The van der Waals surface area contributed by atoms with Crippen LogP contribution in [0.1, 0.15) is 5.56 Å². The molecular weight excluding hydrogens is 356 g/mol. The molecule has 2 aromatic rings. The number of nitrogens with zero attached hydrogens (tertiary/aromatic N) is 1. The molecule has 2 nitrogen and oxygen atoms in total.